The highest BCUT2D eigenvalue weighted by Crippen LogP contribution is 2.11. The maximum absolute atomic E-state index is 9.02. The molecule has 1 rings (SSSR count). The molecule has 48 valence electrons. The largest absolute Gasteiger partial charge is 0.502 e. The lowest BCUT2D eigenvalue weighted by atomic mass is 10.4. The fraction of sp³-hybridized carbons (Fsp3) is 0.167. The number of rotatable bonds is 1. The smallest absolute Gasteiger partial charge is 0.266 e. The third-order valence-electron chi connectivity index (χ3n) is 1.09. The normalized spacial score (nSPS) is 9.44. The first-order valence-electron chi connectivity index (χ1n) is 2.78. The number of quaternary nitrogens is 1. The number of nitrogens with two attached hydrogens (primary N) is 1. The van der Waals surface area contributed by atoms with Crippen LogP contribution in [0, 0.1) is 0 Å². The highest BCUT2D eigenvalue weighted by Gasteiger charge is 1.99. The molecule has 0 aliphatic carbocycles. The van der Waals surface area contributed by atoms with Gasteiger partial charge in [-0.3, -0.25) is 5.32 Å². The van der Waals surface area contributed by atoms with E-state index in [2.05, 4.69) is 4.98 Å². The summed E-state index contributed by atoms with van der Waals surface area (Å²) in [6.07, 6.45) is 1.65. The van der Waals surface area contributed by atoms with Crippen LogP contribution in [0.4, 0.5) is 5.82 Å². The number of aromatic hydroxyl groups is 1. The Bertz CT molecular complexity index is 200. The number of hydrogen-bond donors (Lipinski definition) is 2. The predicted molar refractivity (Wildman–Crippen MR) is 33.4 cm³/mol. The topological polar surface area (TPSA) is 49.7 Å². The minimum Gasteiger partial charge on any atom is -0.502 e. The standard InChI is InChI=1S/C6H8N2O/c1-7-6-5(9)3-2-4-8-6/h2-4,9H,1H3,(H,7,8)/p+1. The van der Waals surface area contributed by atoms with Gasteiger partial charge in [0, 0.05) is 6.20 Å². The van der Waals surface area contributed by atoms with Crippen LogP contribution >= 0.6 is 0 Å². The highest BCUT2D eigenvalue weighted by atomic mass is 16.3. The highest BCUT2D eigenvalue weighted by molar-refractivity contribution is 5.35. The number of aromatic nitrogens is 1. The van der Waals surface area contributed by atoms with Crippen molar-refractivity contribution in [3.05, 3.63) is 18.3 Å². The average molecular weight is 125 g/mol. The van der Waals surface area contributed by atoms with Crippen molar-refractivity contribution >= 4 is 5.82 Å². The van der Waals surface area contributed by atoms with Crippen molar-refractivity contribution in [1.82, 2.24) is 4.98 Å². The molecule has 0 radical (unpaired) electrons. The Labute approximate surface area is 53.4 Å². The van der Waals surface area contributed by atoms with Crippen molar-refractivity contribution in [1.29, 1.82) is 0 Å². The lowest BCUT2D eigenvalue weighted by Gasteiger charge is -1.93. The maximum Gasteiger partial charge on any atom is 0.266 e. The molecule has 1 aromatic heterocycles. The van der Waals surface area contributed by atoms with Gasteiger partial charge in [-0.25, -0.2) is 4.98 Å². The second-order valence-electron chi connectivity index (χ2n) is 1.70. The van der Waals surface area contributed by atoms with Crippen LogP contribution in [0.3, 0.4) is 0 Å². The molecule has 1 heterocycles. The summed E-state index contributed by atoms with van der Waals surface area (Å²) in [6, 6.07) is 3.31. The average Bonchev–Trinajstić information content (AvgIpc) is 1.89. The Kier molecular flexibility index (Phi) is 1.65. The van der Waals surface area contributed by atoms with Crippen molar-refractivity contribution < 1.29 is 10.4 Å². The van der Waals surface area contributed by atoms with Gasteiger partial charge in [-0.15, -0.1) is 0 Å². The Morgan fingerprint density at radius 1 is 1.67 bits per heavy atom. The molecule has 0 aliphatic heterocycles. The molecule has 0 atom stereocenters. The first-order chi connectivity index (χ1) is 4.34. The molecule has 0 fully saturated rings. The third kappa shape index (κ3) is 1.17. The molecule has 3 nitrogen and oxygen atoms in total. The van der Waals surface area contributed by atoms with E-state index in [9.17, 15) is 0 Å². The summed E-state index contributed by atoms with van der Waals surface area (Å²) in [7, 11) is 1.84. The Morgan fingerprint density at radius 2 is 2.44 bits per heavy atom. The summed E-state index contributed by atoms with van der Waals surface area (Å²) in [4.78, 5) is 3.89. The fourth-order valence-corrected chi connectivity index (χ4v) is 0.631. The summed E-state index contributed by atoms with van der Waals surface area (Å²) < 4.78 is 0. The second-order valence-corrected chi connectivity index (χ2v) is 1.70. The molecule has 0 saturated heterocycles. The quantitative estimate of drug-likeness (QED) is 0.537. The Morgan fingerprint density at radius 3 is 2.89 bits per heavy atom. The number of nitrogens with zero attached hydrogens (tertiary/aromatic N) is 1. The van der Waals surface area contributed by atoms with E-state index < -0.39 is 0 Å². The van der Waals surface area contributed by atoms with Crippen LogP contribution < -0.4 is 5.32 Å². The van der Waals surface area contributed by atoms with E-state index >= 15 is 0 Å². The summed E-state index contributed by atoms with van der Waals surface area (Å²) in [6.45, 7) is 0. The van der Waals surface area contributed by atoms with E-state index in [1.54, 1.807) is 23.6 Å². The zero-order valence-electron chi connectivity index (χ0n) is 5.20. The van der Waals surface area contributed by atoms with E-state index in [0.717, 1.165) is 0 Å². The Hall–Kier alpha value is -1.09. The molecule has 9 heavy (non-hydrogen) atoms. The van der Waals surface area contributed by atoms with Gasteiger partial charge in [0.15, 0.2) is 5.75 Å². The van der Waals surface area contributed by atoms with Crippen LogP contribution in [0.5, 0.6) is 5.75 Å². The number of hydrogen-bond acceptors (Lipinski definition) is 2. The van der Waals surface area contributed by atoms with Gasteiger partial charge in [-0.1, -0.05) is 0 Å². The SMILES string of the molecule is C[NH2+]c1ncccc1O. The predicted octanol–water partition coefficient (Wildman–Crippen LogP) is -0.388. The van der Waals surface area contributed by atoms with Gasteiger partial charge in [0.05, 0.1) is 7.05 Å². The van der Waals surface area contributed by atoms with Crippen LogP contribution in [-0.2, 0) is 0 Å². The lowest BCUT2D eigenvalue weighted by molar-refractivity contribution is -0.544. The molecule has 0 amide bonds. The van der Waals surface area contributed by atoms with Gasteiger partial charge in [0.25, 0.3) is 5.82 Å². The summed E-state index contributed by atoms with van der Waals surface area (Å²) in [5, 5.41) is 10.8. The molecule has 0 unspecified atom stereocenters. The summed E-state index contributed by atoms with van der Waals surface area (Å²) >= 11 is 0. The monoisotopic (exact) mass is 125 g/mol. The molecule has 3 heteroatoms. The molecule has 0 aromatic carbocycles. The van der Waals surface area contributed by atoms with Crippen LogP contribution in [0.15, 0.2) is 18.3 Å². The zero-order chi connectivity index (χ0) is 6.69. The van der Waals surface area contributed by atoms with Crippen LogP contribution in [0.1, 0.15) is 0 Å². The van der Waals surface area contributed by atoms with E-state index in [4.69, 9.17) is 5.11 Å². The minimum absolute atomic E-state index is 0.236. The molecule has 1 aromatic rings. The molecule has 0 spiro atoms. The van der Waals surface area contributed by atoms with Crippen LogP contribution in [0.2, 0.25) is 0 Å². The first kappa shape index (κ1) is 6.04. The van der Waals surface area contributed by atoms with Crippen molar-refractivity contribution in [2.45, 2.75) is 0 Å². The van der Waals surface area contributed by atoms with Crippen molar-refractivity contribution in [3.8, 4) is 5.75 Å². The molecule has 0 saturated carbocycles. The van der Waals surface area contributed by atoms with Gasteiger partial charge >= 0.3 is 0 Å². The van der Waals surface area contributed by atoms with Crippen LogP contribution in [-0.4, -0.2) is 17.1 Å². The van der Waals surface area contributed by atoms with Crippen molar-refractivity contribution in [2.75, 3.05) is 7.05 Å². The molecule has 0 aliphatic rings. The second kappa shape index (κ2) is 2.46. The van der Waals surface area contributed by atoms with E-state index in [-0.39, 0.29) is 5.75 Å². The fourth-order valence-electron chi connectivity index (χ4n) is 0.631. The number of pyridine rings is 1. The van der Waals surface area contributed by atoms with Gasteiger partial charge in [-0.05, 0) is 12.1 Å². The zero-order valence-corrected chi connectivity index (χ0v) is 5.20. The van der Waals surface area contributed by atoms with E-state index in [1.807, 2.05) is 7.05 Å². The van der Waals surface area contributed by atoms with Crippen LogP contribution in [0.25, 0.3) is 0 Å². The summed E-state index contributed by atoms with van der Waals surface area (Å²) in [5.41, 5.74) is 0. The maximum atomic E-state index is 9.02. The van der Waals surface area contributed by atoms with Gasteiger partial charge in [0.1, 0.15) is 0 Å². The van der Waals surface area contributed by atoms with Crippen molar-refractivity contribution in [2.24, 2.45) is 0 Å². The van der Waals surface area contributed by atoms with Gasteiger partial charge < -0.3 is 5.11 Å². The third-order valence-corrected chi connectivity index (χ3v) is 1.09. The van der Waals surface area contributed by atoms with E-state index in [0.29, 0.717) is 5.82 Å². The Balaban J connectivity index is 3.01. The lowest BCUT2D eigenvalue weighted by Crippen LogP contribution is -2.73. The molecular formula is C6H9N2O+. The van der Waals surface area contributed by atoms with Gasteiger partial charge in [-0.2, -0.15) is 0 Å². The van der Waals surface area contributed by atoms with Gasteiger partial charge in [0.2, 0.25) is 0 Å². The molecule has 3 N–H and O–H groups in total. The van der Waals surface area contributed by atoms with E-state index in [1.165, 1.54) is 0 Å². The first-order valence-corrected chi connectivity index (χ1v) is 2.78. The summed E-state index contributed by atoms with van der Waals surface area (Å²) in [5.74, 6) is 0.873. The molecule has 0 bridgehead atoms. The minimum atomic E-state index is 0.236. The van der Waals surface area contributed by atoms with Crippen molar-refractivity contribution in [3.63, 3.8) is 0 Å². The molecular weight excluding hydrogens is 116 g/mol.